The lowest BCUT2D eigenvalue weighted by Gasteiger charge is -2.34. The second kappa shape index (κ2) is 8.90. The van der Waals surface area contributed by atoms with E-state index in [2.05, 4.69) is 24.1 Å². The molecule has 3 heteroatoms. The quantitative estimate of drug-likeness (QED) is 0.682. The number of rotatable bonds is 8. The van der Waals surface area contributed by atoms with Gasteiger partial charge in [-0.1, -0.05) is 26.7 Å². The van der Waals surface area contributed by atoms with Crippen LogP contribution in [0.2, 0.25) is 0 Å². The Kier molecular flexibility index (Phi) is 7.82. The van der Waals surface area contributed by atoms with Crippen LogP contribution in [-0.4, -0.2) is 48.8 Å². The minimum absolute atomic E-state index is 0.259. The topological polar surface area (TPSA) is 35.5 Å². The first-order valence-electron chi connectivity index (χ1n) is 7.36. The van der Waals surface area contributed by atoms with Gasteiger partial charge in [0.1, 0.15) is 0 Å². The summed E-state index contributed by atoms with van der Waals surface area (Å²) in [6, 6.07) is 0.262. The zero-order valence-corrected chi connectivity index (χ0v) is 11.6. The van der Waals surface area contributed by atoms with E-state index in [1.165, 1.54) is 38.8 Å². The van der Waals surface area contributed by atoms with Gasteiger partial charge in [-0.05, 0) is 44.8 Å². The van der Waals surface area contributed by atoms with Gasteiger partial charge in [0.2, 0.25) is 0 Å². The maximum atomic E-state index is 9.33. The van der Waals surface area contributed by atoms with E-state index in [0.29, 0.717) is 0 Å². The number of likely N-dealkylation sites (tertiary alicyclic amines) is 1. The minimum atomic E-state index is 0.259. The summed E-state index contributed by atoms with van der Waals surface area (Å²) in [5, 5.41) is 12.7. The summed E-state index contributed by atoms with van der Waals surface area (Å²) in [6.45, 7) is 9.16. The Labute approximate surface area is 107 Å². The maximum absolute atomic E-state index is 9.33. The molecular formula is C14H30N2O. The number of aliphatic hydroxyl groups is 1. The molecule has 0 aromatic carbocycles. The molecule has 1 heterocycles. The largest absolute Gasteiger partial charge is 0.395 e. The monoisotopic (exact) mass is 242 g/mol. The van der Waals surface area contributed by atoms with Gasteiger partial charge in [0.25, 0.3) is 0 Å². The number of piperidine rings is 1. The molecule has 0 aromatic rings. The molecule has 0 amide bonds. The average molecular weight is 242 g/mol. The second-order valence-electron chi connectivity index (χ2n) is 5.37. The molecule has 0 aliphatic carbocycles. The lowest BCUT2D eigenvalue weighted by molar-refractivity contribution is 0.139. The molecule has 1 fully saturated rings. The van der Waals surface area contributed by atoms with Crippen LogP contribution in [0.1, 0.15) is 46.0 Å². The summed E-state index contributed by atoms with van der Waals surface area (Å²) >= 11 is 0. The Bertz CT molecular complexity index is 179. The molecule has 1 aliphatic heterocycles. The Morgan fingerprint density at radius 3 is 2.47 bits per heavy atom. The number of aliphatic hydroxyl groups excluding tert-OH is 1. The van der Waals surface area contributed by atoms with E-state index in [-0.39, 0.29) is 12.6 Å². The summed E-state index contributed by atoms with van der Waals surface area (Å²) in [5.41, 5.74) is 0. The third-order valence-electron chi connectivity index (χ3n) is 3.79. The summed E-state index contributed by atoms with van der Waals surface area (Å²) in [7, 11) is 0. The van der Waals surface area contributed by atoms with Crippen LogP contribution in [0.5, 0.6) is 0 Å². The van der Waals surface area contributed by atoms with Crippen LogP contribution in [0.4, 0.5) is 0 Å². The van der Waals surface area contributed by atoms with E-state index < -0.39 is 0 Å². The van der Waals surface area contributed by atoms with Crippen LogP contribution >= 0.6 is 0 Å². The number of nitrogens with zero attached hydrogens (tertiary/aromatic N) is 1. The molecule has 17 heavy (non-hydrogen) atoms. The number of hydrogen-bond donors (Lipinski definition) is 2. The summed E-state index contributed by atoms with van der Waals surface area (Å²) in [6.07, 6.45) is 6.54. The van der Waals surface area contributed by atoms with Crippen molar-refractivity contribution in [1.82, 2.24) is 10.2 Å². The normalized spacial score (nSPS) is 20.6. The SMILES string of the molecule is CCCNC(CO)CN1CCC(CCC)CC1. The molecule has 2 N–H and O–H groups in total. The van der Waals surface area contributed by atoms with E-state index in [0.717, 1.165) is 25.4 Å². The smallest absolute Gasteiger partial charge is 0.0597 e. The van der Waals surface area contributed by atoms with Gasteiger partial charge in [-0.3, -0.25) is 0 Å². The van der Waals surface area contributed by atoms with Crippen molar-refractivity contribution in [1.29, 1.82) is 0 Å². The molecule has 0 bridgehead atoms. The molecule has 0 spiro atoms. The maximum Gasteiger partial charge on any atom is 0.0597 e. The van der Waals surface area contributed by atoms with E-state index in [1.807, 2.05) is 0 Å². The van der Waals surface area contributed by atoms with Crippen LogP contribution in [0.25, 0.3) is 0 Å². The van der Waals surface area contributed by atoms with E-state index in [1.54, 1.807) is 0 Å². The van der Waals surface area contributed by atoms with Crippen LogP contribution in [0.15, 0.2) is 0 Å². The molecule has 1 unspecified atom stereocenters. The van der Waals surface area contributed by atoms with Crippen molar-refractivity contribution in [2.24, 2.45) is 5.92 Å². The van der Waals surface area contributed by atoms with Crippen LogP contribution in [0, 0.1) is 5.92 Å². The summed E-state index contributed by atoms with van der Waals surface area (Å²) in [5.74, 6) is 0.951. The van der Waals surface area contributed by atoms with Gasteiger partial charge in [-0.15, -0.1) is 0 Å². The lowest BCUT2D eigenvalue weighted by atomic mass is 9.92. The number of hydrogen-bond acceptors (Lipinski definition) is 3. The van der Waals surface area contributed by atoms with Gasteiger partial charge in [0.15, 0.2) is 0 Å². The average Bonchev–Trinajstić information content (AvgIpc) is 2.37. The van der Waals surface area contributed by atoms with Crippen LogP contribution < -0.4 is 5.32 Å². The fraction of sp³-hybridized carbons (Fsp3) is 1.00. The fourth-order valence-corrected chi connectivity index (χ4v) is 2.71. The van der Waals surface area contributed by atoms with Crippen LogP contribution in [0.3, 0.4) is 0 Å². The Morgan fingerprint density at radius 1 is 1.24 bits per heavy atom. The molecule has 0 radical (unpaired) electrons. The van der Waals surface area contributed by atoms with E-state index in [4.69, 9.17) is 0 Å². The van der Waals surface area contributed by atoms with Crippen molar-refractivity contribution in [3.8, 4) is 0 Å². The first kappa shape index (κ1) is 14.9. The Hall–Kier alpha value is -0.120. The highest BCUT2D eigenvalue weighted by Crippen LogP contribution is 2.21. The molecule has 0 saturated carbocycles. The first-order chi connectivity index (χ1) is 8.30. The third kappa shape index (κ3) is 5.84. The molecule has 3 nitrogen and oxygen atoms in total. The lowest BCUT2D eigenvalue weighted by Crippen LogP contribution is -2.46. The van der Waals surface area contributed by atoms with Gasteiger partial charge in [-0.2, -0.15) is 0 Å². The zero-order valence-electron chi connectivity index (χ0n) is 11.6. The summed E-state index contributed by atoms with van der Waals surface area (Å²) < 4.78 is 0. The highest BCUT2D eigenvalue weighted by atomic mass is 16.3. The molecule has 1 saturated heterocycles. The second-order valence-corrected chi connectivity index (χ2v) is 5.37. The predicted molar refractivity (Wildman–Crippen MR) is 73.2 cm³/mol. The minimum Gasteiger partial charge on any atom is -0.395 e. The van der Waals surface area contributed by atoms with Gasteiger partial charge in [-0.25, -0.2) is 0 Å². The molecule has 1 aliphatic rings. The van der Waals surface area contributed by atoms with E-state index >= 15 is 0 Å². The highest BCUT2D eigenvalue weighted by molar-refractivity contribution is 4.77. The van der Waals surface area contributed by atoms with Gasteiger partial charge in [0.05, 0.1) is 6.61 Å². The highest BCUT2D eigenvalue weighted by Gasteiger charge is 2.20. The standard InChI is InChI=1S/C14H30N2O/c1-3-5-13-6-9-16(10-7-13)11-14(12-17)15-8-4-2/h13-15,17H,3-12H2,1-2H3. The van der Waals surface area contributed by atoms with Crippen molar-refractivity contribution in [3.05, 3.63) is 0 Å². The molecule has 1 atom stereocenters. The van der Waals surface area contributed by atoms with E-state index in [9.17, 15) is 5.11 Å². The predicted octanol–water partition coefficient (Wildman–Crippen LogP) is 1.86. The van der Waals surface area contributed by atoms with Crippen molar-refractivity contribution in [3.63, 3.8) is 0 Å². The van der Waals surface area contributed by atoms with Gasteiger partial charge < -0.3 is 15.3 Å². The summed E-state index contributed by atoms with van der Waals surface area (Å²) in [4.78, 5) is 2.51. The third-order valence-corrected chi connectivity index (χ3v) is 3.79. The van der Waals surface area contributed by atoms with Crippen molar-refractivity contribution < 1.29 is 5.11 Å². The first-order valence-corrected chi connectivity index (χ1v) is 7.36. The Balaban J connectivity index is 2.19. The molecular weight excluding hydrogens is 212 g/mol. The molecule has 102 valence electrons. The fourth-order valence-electron chi connectivity index (χ4n) is 2.71. The molecule has 1 rings (SSSR count). The van der Waals surface area contributed by atoms with Gasteiger partial charge >= 0.3 is 0 Å². The van der Waals surface area contributed by atoms with Crippen molar-refractivity contribution in [2.75, 3.05) is 32.8 Å². The number of nitrogens with one attached hydrogen (secondary N) is 1. The van der Waals surface area contributed by atoms with Crippen molar-refractivity contribution >= 4 is 0 Å². The van der Waals surface area contributed by atoms with Gasteiger partial charge in [0, 0.05) is 12.6 Å². The zero-order chi connectivity index (χ0) is 12.5. The Morgan fingerprint density at radius 2 is 1.94 bits per heavy atom. The van der Waals surface area contributed by atoms with Crippen molar-refractivity contribution in [2.45, 2.75) is 52.0 Å². The van der Waals surface area contributed by atoms with Crippen LogP contribution in [-0.2, 0) is 0 Å². The molecule has 0 aromatic heterocycles.